The fraction of sp³-hybridized carbons (Fsp3) is 0.211. The van der Waals surface area contributed by atoms with Gasteiger partial charge in [-0.15, -0.1) is 0 Å². The Labute approximate surface area is 150 Å². The van der Waals surface area contributed by atoms with Gasteiger partial charge in [-0.3, -0.25) is 15.1 Å². The summed E-state index contributed by atoms with van der Waals surface area (Å²) in [5.74, 6) is -0.137. The third-order valence-corrected chi connectivity index (χ3v) is 5.38. The number of pyridine rings is 1. The van der Waals surface area contributed by atoms with Gasteiger partial charge in [-0.25, -0.2) is 4.98 Å². The molecular weight excluding hydrogens is 332 g/mol. The number of amides is 1. The van der Waals surface area contributed by atoms with Crippen molar-refractivity contribution in [2.75, 3.05) is 11.9 Å². The Bertz CT molecular complexity index is 864. The summed E-state index contributed by atoms with van der Waals surface area (Å²) in [7, 11) is 0. The number of rotatable bonds is 4. The first-order valence-corrected chi connectivity index (χ1v) is 9.17. The number of nitrogens with zero attached hydrogens (tertiary/aromatic N) is 2. The largest absolute Gasteiger partial charge is 0.326 e. The van der Waals surface area contributed by atoms with Crippen LogP contribution in [0.25, 0.3) is 0 Å². The van der Waals surface area contributed by atoms with Crippen molar-refractivity contribution in [1.82, 2.24) is 9.97 Å². The second-order valence-electron chi connectivity index (χ2n) is 6.17. The zero-order chi connectivity index (χ0) is 17.1. The maximum absolute atomic E-state index is 12.3. The highest BCUT2D eigenvalue weighted by Crippen LogP contribution is 2.24. The van der Waals surface area contributed by atoms with Crippen LogP contribution in [0.5, 0.6) is 0 Å². The van der Waals surface area contributed by atoms with Crippen LogP contribution in [-0.2, 0) is 19.5 Å². The minimum atomic E-state index is -0.137. The van der Waals surface area contributed by atoms with Gasteiger partial charge in [-0.1, -0.05) is 41.7 Å². The van der Waals surface area contributed by atoms with Crippen LogP contribution >= 0.6 is 11.3 Å². The molecule has 1 aliphatic rings. The van der Waals surface area contributed by atoms with Gasteiger partial charge in [0.05, 0.1) is 17.1 Å². The van der Waals surface area contributed by atoms with E-state index in [1.165, 1.54) is 15.3 Å². The van der Waals surface area contributed by atoms with Crippen molar-refractivity contribution in [1.29, 1.82) is 0 Å². The Morgan fingerprint density at radius 2 is 1.96 bits per heavy atom. The molecule has 0 saturated carbocycles. The molecule has 3 aromatic rings. The first kappa shape index (κ1) is 15.9. The summed E-state index contributed by atoms with van der Waals surface area (Å²) in [6.07, 6.45) is 4.19. The monoisotopic (exact) mass is 351 g/mol. The highest BCUT2D eigenvalue weighted by molar-refractivity contribution is 7.15. The molecule has 2 N–H and O–H groups in total. The zero-order valence-corrected chi connectivity index (χ0v) is 14.6. The SMILES string of the molecule is O=C(Nc1nc2c(s1)C[NH+](Cc1ccccc1)CC2)c1ccncc1. The van der Waals surface area contributed by atoms with Crippen molar-refractivity contribution in [3.8, 4) is 0 Å². The fourth-order valence-corrected chi connectivity index (χ4v) is 4.16. The molecule has 0 radical (unpaired) electrons. The van der Waals surface area contributed by atoms with Crippen molar-refractivity contribution >= 4 is 22.4 Å². The normalized spacial score (nSPS) is 16.2. The maximum Gasteiger partial charge on any atom is 0.257 e. The van der Waals surface area contributed by atoms with E-state index in [9.17, 15) is 4.79 Å². The lowest BCUT2D eigenvalue weighted by molar-refractivity contribution is -0.929. The van der Waals surface area contributed by atoms with E-state index < -0.39 is 0 Å². The number of hydrogen-bond donors (Lipinski definition) is 2. The Balaban J connectivity index is 1.43. The van der Waals surface area contributed by atoms with Crippen LogP contribution in [0.15, 0.2) is 54.9 Å². The summed E-state index contributed by atoms with van der Waals surface area (Å²) in [4.78, 5) is 23.6. The van der Waals surface area contributed by atoms with E-state index in [0.717, 1.165) is 31.7 Å². The van der Waals surface area contributed by atoms with Crippen LogP contribution in [0.4, 0.5) is 5.13 Å². The maximum atomic E-state index is 12.3. The van der Waals surface area contributed by atoms with Crippen LogP contribution < -0.4 is 10.2 Å². The van der Waals surface area contributed by atoms with E-state index in [-0.39, 0.29) is 5.91 Å². The average molecular weight is 351 g/mol. The molecule has 5 nitrogen and oxygen atoms in total. The lowest BCUT2D eigenvalue weighted by Gasteiger charge is -2.22. The second-order valence-corrected chi connectivity index (χ2v) is 7.25. The molecule has 6 heteroatoms. The van der Waals surface area contributed by atoms with E-state index in [4.69, 9.17) is 0 Å². The van der Waals surface area contributed by atoms with Gasteiger partial charge >= 0.3 is 0 Å². The number of quaternary nitrogens is 1. The van der Waals surface area contributed by atoms with Crippen molar-refractivity contribution in [3.05, 3.63) is 76.6 Å². The van der Waals surface area contributed by atoms with E-state index in [0.29, 0.717) is 10.7 Å². The summed E-state index contributed by atoms with van der Waals surface area (Å²) < 4.78 is 0. The van der Waals surface area contributed by atoms with Gasteiger partial charge in [-0.2, -0.15) is 0 Å². The van der Waals surface area contributed by atoms with E-state index in [1.807, 2.05) is 6.07 Å². The zero-order valence-electron chi connectivity index (χ0n) is 13.7. The van der Waals surface area contributed by atoms with Gasteiger partial charge in [0.2, 0.25) is 0 Å². The van der Waals surface area contributed by atoms with Gasteiger partial charge in [-0.05, 0) is 12.1 Å². The molecule has 2 aromatic heterocycles. The third kappa shape index (κ3) is 3.75. The van der Waals surface area contributed by atoms with Gasteiger partial charge in [0.15, 0.2) is 5.13 Å². The molecule has 0 fully saturated rings. The van der Waals surface area contributed by atoms with Crippen molar-refractivity contribution in [2.45, 2.75) is 19.5 Å². The fourth-order valence-electron chi connectivity index (χ4n) is 3.09. The van der Waals surface area contributed by atoms with Crippen LogP contribution in [0.2, 0.25) is 0 Å². The summed E-state index contributed by atoms with van der Waals surface area (Å²) in [5, 5.41) is 3.60. The molecule has 1 amide bonds. The molecule has 1 unspecified atom stereocenters. The third-order valence-electron chi connectivity index (χ3n) is 4.36. The number of carbonyl (C=O) groups excluding carboxylic acids is 1. The number of carbonyl (C=O) groups is 1. The molecule has 4 rings (SSSR count). The van der Waals surface area contributed by atoms with Crippen molar-refractivity contribution < 1.29 is 9.69 Å². The Morgan fingerprint density at radius 1 is 1.16 bits per heavy atom. The second kappa shape index (κ2) is 7.13. The van der Waals surface area contributed by atoms with Crippen molar-refractivity contribution in [3.63, 3.8) is 0 Å². The predicted molar refractivity (Wildman–Crippen MR) is 97.7 cm³/mol. The summed E-state index contributed by atoms with van der Waals surface area (Å²) in [5.41, 5.74) is 3.09. The summed E-state index contributed by atoms with van der Waals surface area (Å²) >= 11 is 1.59. The molecule has 1 aromatic carbocycles. The highest BCUT2D eigenvalue weighted by Gasteiger charge is 2.24. The quantitative estimate of drug-likeness (QED) is 0.755. The lowest BCUT2D eigenvalue weighted by atomic mass is 10.1. The molecule has 25 heavy (non-hydrogen) atoms. The molecule has 0 saturated heterocycles. The smallest absolute Gasteiger partial charge is 0.257 e. The van der Waals surface area contributed by atoms with E-state index >= 15 is 0 Å². The number of anilines is 1. The minimum absolute atomic E-state index is 0.137. The predicted octanol–water partition coefficient (Wildman–Crippen LogP) is 1.93. The van der Waals surface area contributed by atoms with Crippen LogP contribution in [0.3, 0.4) is 0 Å². The van der Waals surface area contributed by atoms with Crippen LogP contribution in [-0.4, -0.2) is 22.4 Å². The topological polar surface area (TPSA) is 59.3 Å². The number of thiazole rings is 1. The highest BCUT2D eigenvalue weighted by atomic mass is 32.1. The molecule has 3 heterocycles. The Morgan fingerprint density at radius 3 is 2.76 bits per heavy atom. The number of benzene rings is 1. The molecule has 126 valence electrons. The summed E-state index contributed by atoms with van der Waals surface area (Å²) in [6, 6.07) is 14.0. The first-order chi connectivity index (χ1) is 12.3. The number of nitrogens with one attached hydrogen (secondary N) is 2. The first-order valence-electron chi connectivity index (χ1n) is 8.35. The molecule has 1 atom stereocenters. The van der Waals surface area contributed by atoms with E-state index in [2.05, 4.69) is 39.6 Å². The number of fused-ring (bicyclic) bond motifs is 1. The molecule has 1 aliphatic heterocycles. The van der Waals surface area contributed by atoms with Crippen LogP contribution in [0, 0.1) is 0 Å². The number of hydrogen-bond acceptors (Lipinski definition) is 4. The van der Waals surface area contributed by atoms with Crippen LogP contribution in [0.1, 0.15) is 26.5 Å². The Hall–Kier alpha value is -2.57. The number of aromatic nitrogens is 2. The molecule has 0 spiro atoms. The molecule has 0 aliphatic carbocycles. The van der Waals surface area contributed by atoms with Gasteiger partial charge in [0, 0.05) is 29.9 Å². The van der Waals surface area contributed by atoms with Gasteiger partial charge in [0.25, 0.3) is 5.91 Å². The molecule has 0 bridgehead atoms. The average Bonchev–Trinajstić information content (AvgIpc) is 3.05. The minimum Gasteiger partial charge on any atom is -0.326 e. The Kier molecular flexibility index (Phi) is 4.54. The lowest BCUT2D eigenvalue weighted by Crippen LogP contribution is -3.10. The molecular formula is C19H19N4OS+. The van der Waals surface area contributed by atoms with E-state index in [1.54, 1.807) is 35.9 Å². The summed E-state index contributed by atoms with van der Waals surface area (Å²) in [6.45, 7) is 3.06. The van der Waals surface area contributed by atoms with Crippen molar-refractivity contribution in [2.24, 2.45) is 0 Å². The van der Waals surface area contributed by atoms with Gasteiger partial charge < -0.3 is 4.90 Å². The van der Waals surface area contributed by atoms with Gasteiger partial charge in [0.1, 0.15) is 13.1 Å². The standard InChI is InChI=1S/C19H18N4OS/c24-18(15-6-9-20-10-7-15)22-19-21-16-8-11-23(13-17(16)25-19)12-14-4-2-1-3-5-14/h1-7,9-10H,8,11-13H2,(H,21,22,24)/p+1.